The molecule has 0 bridgehead atoms. The number of hydrogen-bond donors (Lipinski definition) is 2. The van der Waals surface area contributed by atoms with Gasteiger partial charge in [-0.15, -0.1) is 0 Å². The van der Waals surface area contributed by atoms with E-state index in [1.165, 1.54) is 0 Å². The molecule has 1 aromatic carbocycles. The SMILES string of the molecule is CCC(C)NC(=O)NCC(c1cccc(OC)c1)N1CCOCC1. The fraction of sp³-hybridized carbons (Fsp3) is 0.611. The van der Waals surface area contributed by atoms with E-state index >= 15 is 0 Å². The van der Waals surface area contributed by atoms with Crippen molar-refractivity contribution in [3.8, 4) is 5.75 Å². The maximum atomic E-state index is 12.1. The lowest BCUT2D eigenvalue weighted by Gasteiger charge is -2.35. The van der Waals surface area contributed by atoms with Gasteiger partial charge in [0.25, 0.3) is 0 Å². The number of carbonyl (C=O) groups is 1. The van der Waals surface area contributed by atoms with Crippen molar-refractivity contribution >= 4 is 6.03 Å². The van der Waals surface area contributed by atoms with Gasteiger partial charge in [0, 0.05) is 25.7 Å². The number of nitrogens with zero attached hydrogens (tertiary/aromatic N) is 1. The Morgan fingerprint density at radius 1 is 1.38 bits per heavy atom. The predicted molar refractivity (Wildman–Crippen MR) is 94.4 cm³/mol. The Morgan fingerprint density at radius 3 is 2.79 bits per heavy atom. The zero-order chi connectivity index (χ0) is 17.4. The van der Waals surface area contributed by atoms with Crippen LogP contribution in [0.15, 0.2) is 24.3 Å². The van der Waals surface area contributed by atoms with E-state index in [0.29, 0.717) is 6.54 Å². The van der Waals surface area contributed by atoms with Gasteiger partial charge in [0.05, 0.1) is 26.4 Å². The summed E-state index contributed by atoms with van der Waals surface area (Å²) < 4.78 is 10.8. The Morgan fingerprint density at radius 2 is 2.12 bits per heavy atom. The van der Waals surface area contributed by atoms with Gasteiger partial charge >= 0.3 is 6.03 Å². The molecule has 1 fully saturated rings. The summed E-state index contributed by atoms with van der Waals surface area (Å²) in [5.74, 6) is 0.829. The third kappa shape index (κ3) is 5.39. The standard InChI is InChI=1S/C18H29N3O3/c1-4-14(2)20-18(22)19-13-17(21-8-10-24-11-9-21)15-6-5-7-16(12-15)23-3/h5-7,12,14,17H,4,8-11,13H2,1-3H3,(H2,19,20,22). The van der Waals surface area contributed by atoms with Crippen LogP contribution in [0.5, 0.6) is 5.75 Å². The third-order valence-corrected chi connectivity index (χ3v) is 4.41. The summed E-state index contributed by atoms with van der Waals surface area (Å²) in [4.78, 5) is 14.4. The second-order valence-corrected chi connectivity index (χ2v) is 6.10. The van der Waals surface area contributed by atoms with Gasteiger partial charge in [-0.1, -0.05) is 19.1 Å². The van der Waals surface area contributed by atoms with E-state index in [9.17, 15) is 4.79 Å². The minimum atomic E-state index is -0.120. The monoisotopic (exact) mass is 335 g/mol. The number of ether oxygens (including phenoxy) is 2. The maximum absolute atomic E-state index is 12.1. The lowest BCUT2D eigenvalue weighted by atomic mass is 10.0. The van der Waals surface area contributed by atoms with Crippen molar-refractivity contribution in [3.05, 3.63) is 29.8 Å². The highest BCUT2D eigenvalue weighted by atomic mass is 16.5. The first-order valence-corrected chi connectivity index (χ1v) is 8.64. The van der Waals surface area contributed by atoms with Gasteiger partial charge in [0.15, 0.2) is 0 Å². The van der Waals surface area contributed by atoms with Gasteiger partial charge in [-0.2, -0.15) is 0 Å². The molecular formula is C18H29N3O3. The van der Waals surface area contributed by atoms with E-state index in [0.717, 1.165) is 44.0 Å². The number of morpholine rings is 1. The Kier molecular flexibility index (Phi) is 7.34. The van der Waals surface area contributed by atoms with Crippen LogP contribution in [0.1, 0.15) is 31.9 Å². The number of nitrogens with one attached hydrogen (secondary N) is 2. The number of hydrogen-bond acceptors (Lipinski definition) is 4. The van der Waals surface area contributed by atoms with Gasteiger partial charge < -0.3 is 20.1 Å². The van der Waals surface area contributed by atoms with Crippen LogP contribution in [0.3, 0.4) is 0 Å². The average Bonchev–Trinajstić information content (AvgIpc) is 2.62. The molecule has 1 aliphatic heterocycles. The van der Waals surface area contributed by atoms with Gasteiger partial charge in [-0.3, -0.25) is 4.90 Å². The molecule has 2 unspecified atom stereocenters. The van der Waals surface area contributed by atoms with Crippen LogP contribution < -0.4 is 15.4 Å². The van der Waals surface area contributed by atoms with E-state index in [4.69, 9.17) is 9.47 Å². The largest absolute Gasteiger partial charge is 0.497 e. The molecule has 0 radical (unpaired) electrons. The summed E-state index contributed by atoms with van der Waals surface area (Å²) in [6.45, 7) is 7.76. The Bertz CT molecular complexity index is 518. The van der Waals surface area contributed by atoms with E-state index in [2.05, 4.69) is 28.5 Å². The fourth-order valence-corrected chi connectivity index (χ4v) is 2.76. The molecule has 2 atom stereocenters. The fourth-order valence-electron chi connectivity index (χ4n) is 2.76. The Labute approximate surface area is 144 Å². The van der Waals surface area contributed by atoms with E-state index < -0.39 is 0 Å². The first-order valence-electron chi connectivity index (χ1n) is 8.64. The van der Waals surface area contributed by atoms with E-state index in [1.54, 1.807) is 7.11 Å². The second kappa shape index (κ2) is 9.49. The van der Waals surface area contributed by atoms with Crippen LogP contribution in [0.25, 0.3) is 0 Å². The number of urea groups is 1. The van der Waals surface area contributed by atoms with Crippen molar-refractivity contribution in [1.82, 2.24) is 15.5 Å². The molecule has 1 saturated heterocycles. The van der Waals surface area contributed by atoms with Crippen molar-refractivity contribution in [3.63, 3.8) is 0 Å². The predicted octanol–water partition coefficient (Wildman–Crippen LogP) is 2.17. The molecule has 0 aromatic heterocycles. The molecule has 6 heteroatoms. The van der Waals surface area contributed by atoms with Crippen molar-refractivity contribution in [2.45, 2.75) is 32.4 Å². The minimum Gasteiger partial charge on any atom is -0.497 e. The van der Waals surface area contributed by atoms with Crippen LogP contribution in [0.2, 0.25) is 0 Å². The molecule has 2 N–H and O–H groups in total. The number of benzene rings is 1. The molecule has 1 heterocycles. The molecule has 1 aliphatic rings. The van der Waals surface area contributed by atoms with Crippen molar-refractivity contribution in [2.75, 3.05) is 40.0 Å². The summed E-state index contributed by atoms with van der Waals surface area (Å²) in [7, 11) is 1.67. The van der Waals surface area contributed by atoms with Crippen molar-refractivity contribution in [1.29, 1.82) is 0 Å². The molecule has 6 nitrogen and oxygen atoms in total. The van der Waals surface area contributed by atoms with Crippen molar-refractivity contribution < 1.29 is 14.3 Å². The third-order valence-electron chi connectivity index (χ3n) is 4.41. The molecule has 1 aromatic rings. The maximum Gasteiger partial charge on any atom is 0.315 e. The first kappa shape index (κ1) is 18.5. The normalized spacial score (nSPS) is 17.8. The first-order chi connectivity index (χ1) is 11.6. The minimum absolute atomic E-state index is 0.103. The number of carbonyl (C=O) groups excluding carboxylic acids is 1. The molecule has 0 spiro atoms. The highest BCUT2D eigenvalue weighted by Crippen LogP contribution is 2.24. The van der Waals surface area contributed by atoms with Gasteiger partial charge in [-0.05, 0) is 31.0 Å². The second-order valence-electron chi connectivity index (χ2n) is 6.10. The number of methoxy groups -OCH3 is 1. The summed E-state index contributed by atoms with van der Waals surface area (Å²) in [6.07, 6.45) is 0.913. The molecule has 2 amide bonds. The summed E-state index contributed by atoms with van der Waals surface area (Å²) in [5.41, 5.74) is 1.14. The van der Waals surface area contributed by atoms with Gasteiger partial charge in [0.1, 0.15) is 5.75 Å². The van der Waals surface area contributed by atoms with Crippen LogP contribution in [0, 0.1) is 0 Å². The van der Waals surface area contributed by atoms with Crippen LogP contribution in [0.4, 0.5) is 4.79 Å². The smallest absolute Gasteiger partial charge is 0.315 e. The van der Waals surface area contributed by atoms with E-state index in [-0.39, 0.29) is 18.1 Å². The molecule has 0 aliphatic carbocycles. The van der Waals surface area contributed by atoms with Crippen LogP contribution in [-0.2, 0) is 4.74 Å². The topological polar surface area (TPSA) is 62.8 Å². The van der Waals surface area contributed by atoms with Crippen molar-refractivity contribution in [2.24, 2.45) is 0 Å². The molecule has 2 rings (SSSR count). The van der Waals surface area contributed by atoms with Crippen LogP contribution in [-0.4, -0.2) is 56.9 Å². The Hall–Kier alpha value is -1.79. The van der Waals surface area contributed by atoms with Crippen LogP contribution >= 0.6 is 0 Å². The number of amides is 2. The summed E-state index contributed by atoms with van der Waals surface area (Å²) in [5, 5.41) is 5.95. The molecule has 134 valence electrons. The lowest BCUT2D eigenvalue weighted by Crippen LogP contribution is -2.47. The quantitative estimate of drug-likeness (QED) is 0.802. The summed E-state index contributed by atoms with van der Waals surface area (Å²) in [6, 6.07) is 8.19. The zero-order valence-corrected chi connectivity index (χ0v) is 14.9. The van der Waals surface area contributed by atoms with Gasteiger partial charge in [0.2, 0.25) is 0 Å². The average molecular weight is 335 g/mol. The van der Waals surface area contributed by atoms with E-state index in [1.807, 2.05) is 25.1 Å². The highest BCUT2D eigenvalue weighted by molar-refractivity contribution is 5.74. The number of rotatable bonds is 7. The van der Waals surface area contributed by atoms with Gasteiger partial charge in [-0.25, -0.2) is 4.79 Å². The zero-order valence-electron chi connectivity index (χ0n) is 14.9. The lowest BCUT2D eigenvalue weighted by molar-refractivity contribution is 0.0166. The molecule has 0 saturated carbocycles. The Balaban J connectivity index is 2.06. The highest BCUT2D eigenvalue weighted by Gasteiger charge is 2.23. The molecular weight excluding hydrogens is 306 g/mol. The molecule has 24 heavy (non-hydrogen) atoms. The summed E-state index contributed by atoms with van der Waals surface area (Å²) >= 11 is 0.